The molecule has 2 rings (SSSR count). The van der Waals surface area contributed by atoms with Gasteiger partial charge in [0.15, 0.2) is 0 Å². The third-order valence-electron chi connectivity index (χ3n) is 4.06. The maximum atomic E-state index is 5.99. The van der Waals surface area contributed by atoms with Crippen LogP contribution in [0.2, 0.25) is 0 Å². The molecule has 19 heavy (non-hydrogen) atoms. The lowest BCUT2D eigenvalue weighted by atomic mass is 9.64. The fraction of sp³-hybridized carbons (Fsp3) is 0.800. The number of hydrogen-bond donors (Lipinski definition) is 1. The van der Waals surface area contributed by atoms with Crippen LogP contribution in [0.4, 0.5) is 0 Å². The second-order valence-corrected chi connectivity index (χ2v) is 7.23. The molecule has 1 aliphatic carbocycles. The van der Waals surface area contributed by atoms with E-state index in [9.17, 15) is 0 Å². The molecule has 0 radical (unpaired) electrons. The first-order chi connectivity index (χ1) is 9.00. The van der Waals surface area contributed by atoms with E-state index in [0.717, 1.165) is 26.0 Å². The quantitative estimate of drug-likeness (QED) is 0.834. The molecule has 1 fully saturated rings. The van der Waals surface area contributed by atoms with Crippen LogP contribution in [0.1, 0.15) is 39.8 Å². The highest BCUT2D eigenvalue weighted by Crippen LogP contribution is 2.42. The first-order valence-electron chi connectivity index (χ1n) is 7.22. The van der Waals surface area contributed by atoms with E-state index in [1.807, 2.05) is 5.51 Å². The molecule has 0 saturated heterocycles. The molecule has 0 aliphatic heterocycles. The Morgan fingerprint density at radius 1 is 1.53 bits per heavy atom. The SMILES string of the molecule is CC(C)COC1CC(NCCc2cscn2)C1(C)C. The van der Waals surface area contributed by atoms with Gasteiger partial charge in [-0.05, 0) is 12.3 Å². The van der Waals surface area contributed by atoms with Gasteiger partial charge in [0.1, 0.15) is 0 Å². The zero-order valence-corrected chi connectivity index (χ0v) is 13.3. The molecule has 2 unspecified atom stereocenters. The van der Waals surface area contributed by atoms with E-state index in [0.29, 0.717) is 18.1 Å². The molecule has 108 valence electrons. The smallest absolute Gasteiger partial charge is 0.0794 e. The molecule has 4 heteroatoms. The highest BCUT2D eigenvalue weighted by atomic mass is 32.1. The van der Waals surface area contributed by atoms with Crippen LogP contribution in [0, 0.1) is 11.3 Å². The van der Waals surface area contributed by atoms with Crippen LogP contribution in [0.3, 0.4) is 0 Å². The second-order valence-electron chi connectivity index (χ2n) is 6.51. The Hall–Kier alpha value is -0.450. The van der Waals surface area contributed by atoms with Crippen molar-refractivity contribution in [2.24, 2.45) is 11.3 Å². The van der Waals surface area contributed by atoms with Crippen molar-refractivity contribution in [2.45, 2.75) is 52.7 Å². The maximum Gasteiger partial charge on any atom is 0.0794 e. The number of hydrogen-bond acceptors (Lipinski definition) is 4. The van der Waals surface area contributed by atoms with E-state index in [1.165, 1.54) is 5.69 Å². The Kier molecular flexibility index (Phi) is 4.98. The van der Waals surface area contributed by atoms with Crippen LogP contribution in [0.15, 0.2) is 10.9 Å². The molecule has 2 atom stereocenters. The molecule has 0 aromatic carbocycles. The van der Waals surface area contributed by atoms with Gasteiger partial charge in [0, 0.05) is 36.4 Å². The van der Waals surface area contributed by atoms with Gasteiger partial charge in [-0.15, -0.1) is 11.3 Å². The summed E-state index contributed by atoms with van der Waals surface area (Å²) >= 11 is 1.67. The summed E-state index contributed by atoms with van der Waals surface area (Å²) in [6, 6.07) is 0.572. The summed E-state index contributed by atoms with van der Waals surface area (Å²) in [5.74, 6) is 0.618. The van der Waals surface area contributed by atoms with E-state index in [1.54, 1.807) is 11.3 Å². The van der Waals surface area contributed by atoms with Crippen molar-refractivity contribution in [2.75, 3.05) is 13.2 Å². The summed E-state index contributed by atoms with van der Waals surface area (Å²) in [4.78, 5) is 4.31. The van der Waals surface area contributed by atoms with E-state index >= 15 is 0 Å². The molecule has 0 amide bonds. The zero-order chi connectivity index (χ0) is 13.9. The van der Waals surface area contributed by atoms with Gasteiger partial charge < -0.3 is 10.1 Å². The minimum atomic E-state index is 0.247. The van der Waals surface area contributed by atoms with Gasteiger partial charge in [0.2, 0.25) is 0 Å². The van der Waals surface area contributed by atoms with Crippen LogP contribution < -0.4 is 5.32 Å². The summed E-state index contributed by atoms with van der Waals surface area (Å²) in [6.45, 7) is 10.9. The molecular formula is C15H26N2OS. The Bertz CT molecular complexity index is 376. The first-order valence-corrected chi connectivity index (χ1v) is 8.16. The van der Waals surface area contributed by atoms with Crippen molar-refractivity contribution in [3.05, 3.63) is 16.6 Å². The van der Waals surface area contributed by atoms with Crippen LogP contribution in [0.5, 0.6) is 0 Å². The molecule has 0 spiro atoms. The summed E-state index contributed by atoms with van der Waals surface area (Å²) in [5.41, 5.74) is 3.34. The molecule has 1 aliphatic rings. The summed E-state index contributed by atoms with van der Waals surface area (Å²) in [5, 5.41) is 5.78. The fourth-order valence-corrected chi connectivity index (χ4v) is 3.15. The van der Waals surface area contributed by atoms with Crippen molar-refractivity contribution < 1.29 is 4.74 Å². The largest absolute Gasteiger partial charge is 0.377 e. The van der Waals surface area contributed by atoms with Crippen molar-refractivity contribution in [3.8, 4) is 0 Å². The molecule has 1 saturated carbocycles. The van der Waals surface area contributed by atoms with Gasteiger partial charge >= 0.3 is 0 Å². The van der Waals surface area contributed by atoms with Crippen LogP contribution in [-0.4, -0.2) is 30.3 Å². The molecular weight excluding hydrogens is 256 g/mol. The second kappa shape index (κ2) is 6.33. The normalized spacial score (nSPS) is 25.5. The number of aromatic nitrogens is 1. The number of nitrogens with one attached hydrogen (secondary N) is 1. The Balaban J connectivity index is 1.69. The molecule has 0 bridgehead atoms. The fourth-order valence-electron chi connectivity index (χ4n) is 2.56. The lowest BCUT2D eigenvalue weighted by Crippen LogP contribution is -2.61. The van der Waals surface area contributed by atoms with E-state index in [4.69, 9.17) is 4.74 Å². The first kappa shape index (κ1) is 14.9. The monoisotopic (exact) mass is 282 g/mol. The lowest BCUT2D eigenvalue weighted by molar-refractivity contribution is -0.123. The molecule has 1 heterocycles. The standard InChI is InChI=1S/C15H26N2OS/c1-11(2)8-18-14-7-13(15(14,3)4)16-6-5-12-9-19-10-17-12/h9-11,13-14,16H,5-8H2,1-4H3. The maximum absolute atomic E-state index is 5.99. The van der Waals surface area contributed by atoms with Gasteiger partial charge in [0.05, 0.1) is 17.3 Å². The summed E-state index contributed by atoms with van der Waals surface area (Å²) < 4.78 is 5.99. The van der Waals surface area contributed by atoms with Crippen LogP contribution in [0.25, 0.3) is 0 Å². The predicted molar refractivity (Wildman–Crippen MR) is 80.6 cm³/mol. The molecule has 3 nitrogen and oxygen atoms in total. The van der Waals surface area contributed by atoms with E-state index < -0.39 is 0 Å². The minimum Gasteiger partial charge on any atom is -0.377 e. The van der Waals surface area contributed by atoms with Gasteiger partial charge in [-0.1, -0.05) is 27.7 Å². The average molecular weight is 282 g/mol. The van der Waals surface area contributed by atoms with Gasteiger partial charge in [-0.3, -0.25) is 0 Å². The van der Waals surface area contributed by atoms with Gasteiger partial charge in [-0.25, -0.2) is 4.98 Å². The Morgan fingerprint density at radius 2 is 2.32 bits per heavy atom. The Labute approximate surface area is 120 Å². The third kappa shape index (κ3) is 3.77. The highest BCUT2D eigenvalue weighted by Gasteiger charge is 2.48. The number of ether oxygens (including phenoxy) is 1. The molecule has 1 aromatic rings. The number of thiazole rings is 1. The Morgan fingerprint density at radius 3 is 2.89 bits per heavy atom. The summed E-state index contributed by atoms with van der Waals surface area (Å²) in [6.07, 6.45) is 2.57. The van der Waals surface area contributed by atoms with E-state index in [2.05, 4.69) is 43.4 Å². The van der Waals surface area contributed by atoms with Gasteiger partial charge in [0.25, 0.3) is 0 Å². The predicted octanol–water partition coefficient (Wildman–Crippen LogP) is 3.11. The van der Waals surface area contributed by atoms with Crippen molar-refractivity contribution in [3.63, 3.8) is 0 Å². The minimum absolute atomic E-state index is 0.247. The van der Waals surface area contributed by atoms with Crippen molar-refractivity contribution in [1.82, 2.24) is 10.3 Å². The topological polar surface area (TPSA) is 34.1 Å². The zero-order valence-electron chi connectivity index (χ0n) is 12.5. The highest BCUT2D eigenvalue weighted by molar-refractivity contribution is 7.07. The van der Waals surface area contributed by atoms with Crippen molar-refractivity contribution >= 4 is 11.3 Å². The average Bonchev–Trinajstić information content (AvgIpc) is 2.84. The van der Waals surface area contributed by atoms with Crippen LogP contribution >= 0.6 is 11.3 Å². The molecule has 1 N–H and O–H groups in total. The number of nitrogens with zero attached hydrogens (tertiary/aromatic N) is 1. The number of rotatable bonds is 7. The summed E-state index contributed by atoms with van der Waals surface area (Å²) in [7, 11) is 0. The van der Waals surface area contributed by atoms with E-state index in [-0.39, 0.29) is 5.41 Å². The molecule has 1 aromatic heterocycles. The third-order valence-corrected chi connectivity index (χ3v) is 4.70. The van der Waals surface area contributed by atoms with Gasteiger partial charge in [-0.2, -0.15) is 0 Å². The van der Waals surface area contributed by atoms with Crippen LogP contribution in [-0.2, 0) is 11.2 Å². The van der Waals surface area contributed by atoms with Crippen molar-refractivity contribution in [1.29, 1.82) is 0 Å². The lowest BCUT2D eigenvalue weighted by Gasteiger charge is -2.52.